The molecule has 0 N–H and O–H groups in total. The van der Waals surface area contributed by atoms with E-state index in [-0.39, 0.29) is 35.9 Å². The Kier molecular flexibility index (Phi) is 5.74. The van der Waals surface area contributed by atoms with Crippen LogP contribution < -0.4 is 14.2 Å². The van der Waals surface area contributed by atoms with Crippen LogP contribution in [0.1, 0.15) is 48.0 Å². The fourth-order valence-corrected chi connectivity index (χ4v) is 3.16. The number of benzene rings is 2. The average molecular weight is 372 g/mol. The quantitative estimate of drug-likeness (QED) is 0.412. The van der Waals surface area contributed by atoms with Crippen LogP contribution in [0, 0.1) is 5.82 Å². The van der Waals surface area contributed by atoms with E-state index in [1.807, 2.05) is 0 Å². The number of hydrogen-bond donors (Lipinski definition) is 0. The molecule has 0 radical (unpaired) electrons. The zero-order chi connectivity index (χ0) is 19.4. The van der Waals surface area contributed by atoms with Crippen molar-refractivity contribution in [2.45, 2.75) is 32.1 Å². The molecule has 0 bridgehead atoms. The van der Waals surface area contributed by atoms with Gasteiger partial charge < -0.3 is 14.2 Å². The molecule has 1 atom stereocenters. The summed E-state index contributed by atoms with van der Waals surface area (Å²) in [5.74, 6) is 0.251. The van der Waals surface area contributed by atoms with Crippen LogP contribution in [0.15, 0.2) is 36.4 Å². The predicted molar refractivity (Wildman–Crippen MR) is 97.1 cm³/mol. The van der Waals surface area contributed by atoms with Gasteiger partial charge in [-0.25, -0.2) is 4.39 Å². The van der Waals surface area contributed by atoms with Crippen LogP contribution >= 0.6 is 0 Å². The molecule has 0 saturated carbocycles. The molecule has 3 rings (SSSR count). The first-order chi connectivity index (χ1) is 13.0. The van der Waals surface area contributed by atoms with Gasteiger partial charge in [0.2, 0.25) is 0 Å². The van der Waals surface area contributed by atoms with E-state index in [9.17, 15) is 14.0 Å². The van der Waals surface area contributed by atoms with E-state index in [4.69, 9.17) is 14.2 Å². The van der Waals surface area contributed by atoms with Gasteiger partial charge >= 0.3 is 5.97 Å². The number of rotatable bonds is 7. The molecule has 0 saturated heterocycles. The molecule has 1 aliphatic carbocycles. The SMILES string of the molecule is COc1ccc(OCCCC(=O)Oc2ccc(F)c3c2C(=O)CC3C)cc1. The zero-order valence-electron chi connectivity index (χ0n) is 15.3. The molecule has 0 heterocycles. The van der Waals surface area contributed by atoms with Gasteiger partial charge in [-0.2, -0.15) is 0 Å². The average Bonchev–Trinajstić information content (AvgIpc) is 2.97. The van der Waals surface area contributed by atoms with E-state index in [2.05, 4.69) is 0 Å². The Bertz CT molecular complexity index is 844. The molecule has 142 valence electrons. The molecule has 6 heteroatoms. The summed E-state index contributed by atoms with van der Waals surface area (Å²) in [4.78, 5) is 24.2. The molecule has 5 nitrogen and oxygen atoms in total. The van der Waals surface area contributed by atoms with Crippen LogP contribution in [-0.4, -0.2) is 25.5 Å². The normalized spacial score (nSPS) is 15.4. The number of halogens is 1. The summed E-state index contributed by atoms with van der Waals surface area (Å²) in [6.07, 6.45) is 0.821. The molecule has 0 aromatic heterocycles. The van der Waals surface area contributed by atoms with Gasteiger partial charge in [0.25, 0.3) is 0 Å². The lowest BCUT2D eigenvalue weighted by molar-refractivity contribution is -0.134. The molecule has 0 fully saturated rings. The maximum absolute atomic E-state index is 14.0. The van der Waals surface area contributed by atoms with Crippen LogP contribution in [0.3, 0.4) is 0 Å². The third-order valence-corrected chi connectivity index (χ3v) is 4.49. The Labute approximate surface area is 157 Å². The summed E-state index contributed by atoms with van der Waals surface area (Å²) in [5, 5.41) is 0. The van der Waals surface area contributed by atoms with Crippen molar-refractivity contribution < 1.29 is 28.2 Å². The smallest absolute Gasteiger partial charge is 0.311 e. The summed E-state index contributed by atoms with van der Waals surface area (Å²) < 4.78 is 29.9. The van der Waals surface area contributed by atoms with Crippen LogP contribution in [0.5, 0.6) is 17.2 Å². The molecule has 2 aromatic carbocycles. The van der Waals surface area contributed by atoms with Gasteiger partial charge in [-0.1, -0.05) is 6.92 Å². The fraction of sp³-hybridized carbons (Fsp3) is 0.333. The standard InChI is InChI=1S/C21H21FO5/c1-13-12-17(23)21-18(10-9-16(22)20(13)21)27-19(24)4-3-11-26-15-7-5-14(25-2)6-8-15/h5-10,13H,3-4,11-12H2,1-2H3. The molecule has 27 heavy (non-hydrogen) atoms. The predicted octanol–water partition coefficient (Wildman–Crippen LogP) is 4.29. The molecule has 1 aliphatic rings. The number of carbonyl (C=O) groups is 2. The minimum absolute atomic E-state index is 0.131. The molecular weight excluding hydrogens is 351 g/mol. The van der Waals surface area contributed by atoms with E-state index in [1.165, 1.54) is 12.1 Å². The Morgan fingerprint density at radius 1 is 1.15 bits per heavy atom. The third kappa shape index (κ3) is 4.27. The second-order valence-corrected chi connectivity index (χ2v) is 6.46. The van der Waals surface area contributed by atoms with E-state index >= 15 is 0 Å². The van der Waals surface area contributed by atoms with Crippen molar-refractivity contribution in [1.29, 1.82) is 0 Å². The van der Waals surface area contributed by atoms with Gasteiger partial charge in [-0.05, 0) is 48.7 Å². The van der Waals surface area contributed by atoms with Crippen LogP contribution in [0.25, 0.3) is 0 Å². The zero-order valence-corrected chi connectivity index (χ0v) is 15.3. The maximum Gasteiger partial charge on any atom is 0.311 e. The van der Waals surface area contributed by atoms with Crippen LogP contribution in [0.4, 0.5) is 4.39 Å². The second-order valence-electron chi connectivity index (χ2n) is 6.46. The number of methoxy groups -OCH3 is 1. The highest BCUT2D eigenvalue weighted by molar-refractivity contribution is 6.04. The van der Waals surface area contributed by atoms with Crippen LogP contribution in [0.2, 0.25) is 0 Å². The summed E-state index contributed by atoms with van der Waals surface area (Å²) in [6, 6.07) is 9.73. The largest absolute Gasteiger partial charge is 0.497 e. The number of carbonyl (C=O) groups excluding carboxylic acids is 2. The van der Waals surface area contributed by atoms with Crippen molar-refractivity contribution in [3.05, 3.63) is 53.3 Å². The number of hydrogen-bond acceptors (Lipinski definition) is 5. The highest BCUT2D eigenvalue weighted by Gasteiger charge is 2.33. The highest BCUT2D eigenvalue weighted by Crippen LogP contribution is 2.39. The summed E-state index contributed by atoms with van der Waals surface area (Å²) in [6.45, 7) is 2.13. The molecule has 2 aromatic rings. The molecule has 0 aliphatic heterocycles. The Balaban J connectivity index is 1.52. The van der Waals surface area contributed by atoms with Gasteiger partial charge in [0.05, 0.1) is 19.3 Å². The first kappa shape index (κ1) is 18.9. The minimum Gasteiger partial charge on any atom is -0.497 e. The summed E-state index contributed by atoms with van der Waals surface area (Å²) >= 11 is 0. The van der Waals surface area contributed by atoms with Gasteiger partial charge in [0.1, 0.15) is 23.1 Å². The summed E-state index contributed by atoms with van der Waals surface area (Å²) in [7, 11) is 1.59. The molecule has 1 unspecified atom stereocenters. The first-order valence-electron chi connectivity index (χ1n) is 8.82. The Hall–Kier alpha value is -2.89. The van der Waals surface area contributed by atoms with E-state index < -0.39 is 11.8 Å². The maximum atomic E-state index is 14.0. The van der Waals surface area contributed by atoms with Gasteiger partial charge in [-0.3, -0.25) is 9.59 Å². The second kappa shape index (κ2) is 8.20. The topological polar surface area (TPSA) is 61.8 Å². The van der Waals surface area contributed by atoms with Crippen molar-refractivity contribution in [2.75, 3.05) is 13.7 Å². The van der Waals surface area contributed by atoms with Crippen molar-refractivity contribution in [1.82, 2.24) is 0 Å². The van der Waals surface area contributed by atoms with Gasteiger partial charge in [0, 0.05) is 18.4 Å². The minimum atomic E-state index is -0.477. The Morgan fingerprint density at radius 3 is 2.56 bits per heavy atom. The number of fused-ring (bicyclic) bond motifs is 1. The summed E-state index contributed by atoms with van der Waals surface area (Å²) in [5.41, 5.74) is 0.540. The van der Waals surface area contributed by atoms with E-state index in [1.54, 1.807) is 38.3 Å². The van der Waals surface area contributed by atoms with Crippen molar-refractivity contribution in [3.8, 4) is 17.2 Å². The monoisotopic (exact) mass is 372 g/mol. The van der Waals surface area contributed by atoms with E-state index in [0.717, 1.165) is 5.75 Å². The van der Waals surface area contributed by atoms with Crippen molar-refractivity contribution in [3.63, 3.8) is 0 Å². The number of Topliss-reactive ketones (excluding diaryl/α,β-unsaturated/α-hetero) is 1. The first-order valence-corrected chi connectivity index (χ1v) is 8.82. The number of ether oxygens (including phenoxy) is 3. The van der Waals surface area contributed by atoms with Crippen molar-refractivity contribution >= 4 is 11.8 Å². The molecule has 0 amide bonds. The number of esters is 1. The van der Waals surface area contributed by atoms with Gasteiger partial charge in [0.15, 0.2) is 5.78 Å². The van der Waals surface area contributed by atoms with Crippen LogP contribution in [-0.2, 0) is 4.79 Å². The third-order valence-electron chi connectivity index (χ3n) is 4.49. The van der Waals surface area contributed by atoms with Crippen molar-refractivity contribution in [2.24, 2.45) is 0 Å². The lowest BCUT2D eigenvalue weighted by atomic mass is 10.0. The Morgan fingerprint density at radius 2 is 1.85 bits per heavy atom. The highest BCUT2D eigenvalue weighted by atomic mass is 19.1. The fourth-order valence-electron chi connectivity index (χ4n) is 3.16. The number of ketones is 1. The van der Waals surface area contributed by atoms with Gasteiger partial charge in [-0.15, -0.1) is 0 Å². The molecular formula is C21H21FO5. The molecule has 0 spiro atoms. The van der Waals surface area contributed by atoms with E-state index in [0.29, 0.717) is 24.3 Å². The lowest BCUT2D eigenvalue weighted by Gasteiger charge is -2.11. The lowest BCUT2D eigenvalue weighted by Crippen LogP contribution is -2.12.